The highest BCUT2D eigenvalue weighted by Gasteiger charge is 2.24. The SMILES string of the molecule is CC(=O)c1cccc(NC(=O)CSc2nnc([C@@H](C)[NH+](C)C)n2-c2ccc(F)cc2)c1. The van der Waals surface area contributed by atoms with Crippen molar-refractivity contribution < 1.29 is 18.9 Å². The molecule has 0 aliphatic heterocycles. The van der Waals surface area contributed by atoms with E-state index >= 15 is 0 Å². The van der Waals surface area contributed by atoms with Crippen LogP contribution in [0.15, 0.2) is 53.7 Å². The Morgan fingerprint density at radius 1 is 1.16 bits per heavy atom. The van der Waals surface area contributed by atoms with E-state index in [0.717, 1.165) is 16.4 Å². The fraction of sp³-hybridized carbons (Fsp3) is 0.273. The molecule has 0 saturated heterocycles. The first-order chi connectivity index (χ1) is 14.8. The summed E-state index contributed by atoms with van der Waals surface area (Å²) in [5.41, 5.74) is 1.82. The zero-order valence-corrected chi connectivity index (χ0v) is 18.7. The highest BCUT2D eigenvalue weighted by atomic mass is 32.2. The number of Topliss-reactive ketones (excluding diaryl/α,β-unsaturated/α-hetero) is 1. The van der Waals surface area contributed by atoms with Gasteiger partial charge in [0.15, 0.2) is 16.8 Å². The number of nitrogens with one attached hydrogen (secondary N) is 2. The Morgan fingerprint density at radius 3 is 2.52 bits per heavy atom. The van der Waals surface area contributed by atoms with Crippen LogP contribution < -0.4 is 10.2 Å². The van der Waals surface area contributed by atoms with Crippen LogP contribution in [0, 0.1) is 5.82 Å². The van der Waals surface area contributed by atoms with Crippen LogP contribution in [0.2, 0.25) is 0 Å². The topological polar surface area (TPSA) is 81.3 Å². The molecular weight excluding hydrogens is 417 g/mol. The molecule has 0 bridgehead atoms. The fourth-order valence-corrected chi connectivity index (χ4v) is 3.65. The average molecular weight is 443 g/mol. The highest BCUT2D eigenvalue weighted by Crippen LogP contribution is 2.25. The van der Waals surface area contributed by atoms with Gasteiger partial charge in [-0.05, 0) is 50.2 Å². The fourth-order valence-electron chi connectivity index (χ4n) is 2.89. The van der Waals surface area contributed by atoms with Gasteiger partial charge in [0.1, 0.15) is 11.9 Å². The molecule has 31 heavy (non-hydrogen) atoms. The number of carbonyl (C=O) groups excluding carboxylic acids is 2. The molecule has 0 aliphatic carbocycles. The third-order valence-corrected chi connectivity index (χ3v) is 5.81. The van der Waals surface area contributed by atoms with Gasteiger partial charge in [0.05, 0.1) is 19.8 Å². The summed E-state index contributed by atoms with van der Waals surface area (Å²) in [4.78, 5) is 25.2. The minimum atomic E-state index is -0.328. The number of thioether (sulfide) groups is 1. The molecule has 3 rings (SSSR count). The van der Waals surface area contributed by atoms with Crippen molar-refractivity contribution in [2.45, 2.75) is 25.0 Å². The zero-order chi connectivity index (χ0) is 22.5. The number of anilines is 1. The average Bonchev–Trinajstić information content (AvgIpc) is 3.16. The Kier molecular flexibility index (Phi) is 7.19. The van der Waals surface area contributed by atoms with E-state index in [9.17, 15) is 14.0 Å². The molecule has 7 nitrogen and oxygen atoms in total. The first kappa shape index (κ1) is 22.6. The van der Waals surface area contributed by atoms with Gasteiger partial charge in [-0.1, -0.05) is 23.9 Å². The number of hydrogen-bond donors (Lipinski definition) is 2. The molecule has 162 valence electrons. The van der Waals surface area contributed by atoms with E-state index in [-0.39, 0.29) is 29.3 Å². The molecule has 1 aromatic heterocycles. The van der Waals surface area contributed by atoms with Crippen molar-refractivity contribution in [3.8, 4) is 5.69 Å². The maximum atomic E-state index is 13.4. The molecule has 0 saturated carbocycles. The lowest BCUT2D eigenvalue weighted by Gasteiger charge is -2.18. The van der Waals surface area contributed by atoms with Crippen molar-refractivity contribution in [3.63, 3.8) is 0 Å². The second-order valence-corrected chi connectivity index (χ2v) is 8.37. The number of carbonyl (C=O) groups is 2. The van der Waals surface area contributed by atoms with Crippen LogP contribution >= 0.6 is 11.8 Å². The molecule has 1 amide bonds. The van der Waals surface area contributed by atoms with E-state index in [1.807, 2.05) is 25.6 Å². The van der Waals surface area contributed by atoms with Crippen LogP contribution in [0.3, 0.4) is 0 Å². The molecule has 0 unspecified atom stereocenters. The lowest BCUT2D eigenvalue weighted by molar-refractivity contribution is -0.890. The second kappa shape index (κ2) is 9.84. The number of ketones is 1. The van der Waals surface area contributed by atoms with Gasteiger partial charge in [0, 0.05) is 16.9 Å². The lowest BCUT2D eigenvalue weighted by Crippen LogP contribution is -3.05. The number of halogens is 1. The maximum Gasteiger partial charge on any atom is 0.234 e. The molecule has 0 radical (unpaired) electrons. The van der Waals surface area contributed by atoms with Crippen molar-refractivity contribution in [3.05, 3.63) is 65.7 Å². The van der Waals surface area contributed by atoms with Crippen molar-refractivity contribution in [2.24, 2.45) is 0 Å². The monoisotopic (exact) mass is 442 g/mol. The predicted octanol–water partition coefficient (Wildman–Crippen LogP) is 2.55. The number of nitrogens with zero attached hydrogens (tertiary/aromatic N) is 3. The first-order valence-electron chi connectivity index (χ1n) is 9.81. The summed E-state index contributed by atoms with van der Waals surface area (Å²) < 4.78 is 15.3. The summed E-state index contributed by atoms with van der Waals surface area (Å²) in [5.74, 6) is 0.205. The van der Waals surface area contributed by atoms with E-state index in [1.165, 1.54) is 30.8 Å². The van der Waals surface area contributed by atoms with Crippen molar-refractivity contribution >= 4 is 29.1 Å². The summed E-state index contributed by atoms with van der Waals surface area (Å²) >= 11 is 1.24. The normalized spacial score (nSPS) is 12.1. The van der Waals surface area contributed by atoms with Gasteiger partial charge in [0.2, 0.25) is 5.91 Å². The molecule has 1 heterocycles. The Morgan fingerprint density at radius 2 is 1.87 bits per heavy atom. The number of amides is 1. The Hall–Kier alpha value is -3.04. The Labute approximate surface area is 184 Å². The number of quaternary nitrogens is 1. The van der Waals surface area contributed by atoms with Crippen LogP contribution in [0.4, 0.5) is 10.1 Å². The quantitative estimate of drug-likeness (QED) is 0.414. The van der Waals surface area contributed by atoms with Crippen molar-refractivity contribution in [2.75, 3.05) is 25.2 Å². The maximum absolute atomic E-state index is 13.4. The molecule has 0 fully saturated rings. The number of hydrogen-bond acceptors (Lipinski definition) is 5. The third kappa shape index (κ3) is 5.56. The summed E-state index contributed by atoms with van der Waals surface area (Å²) in [5, 5.41) is 12.0. The van der Waals surface area contributed by atoms with Crippen molar-refractivity contribution in [1.29, 1.82) is 0 Å². The minimum absolute atomic E-state index is 0.0371. The molecule has 1 atom stereocenters. The van der Waals surface area contributed by atoms with Crippen LogP contribution in [0.25, 0.3) is 5.69 Å². The Balaban J connectivity index is 1.79. The predicted molar refractivity (Wildman–Crippen MR) is 118 cm³/mol. The van der Waals surface area contributed by atoms with Gasteiger partial charge < -0.3 is 10.2 Å². The van der Waals surface area contributed by atoms with Gasteiger partial charge in [-0.3, -0.25) is 14.2 Å². The van der Waals surface area contributed by atoms with Crippen LogP contribution in [0.1, 0.15) is 36.1 Å². The summed E-state index contributed by atoms with van der Waals surface area (Å²) in [7, 11) is 4.04. The van der Waals surface area contributed by atoms with Gasteiger partial charge in [-0.25, -0.2) is 4.39 Å². The molecule has 3 aromatic rings. The van der Waals surface area contributed by atoms with Crippen molar-refractivity contribution in [1.82, 2.24) is 14.8 Å². The smallest absolute Gasteiger partial charge is 0.234 e. The number of rotatable bonds is 8. The number of benzene rings is 2. The molecule has 2 N–H and O–H groups in total. The zero-order valence-electron chi connectivity index (χ0n) is 17.8. The van der Waals surface area contributed by atoms with E-state index in [1.54, 1.807) is 36.4 Å². The molecular formula is C22H25FN5O2S+. The standard InChI is InChI=1S/C22H24FN5O2S/c1-14(27(3)4)21-25-26-22(28(21)19-10-8-17(23)9-11-19)31-13-20(30)24-18-7-5-6-16(12-18)15(2)29/h5-12,14H,13H2,1-4H3,(H,24,30)/p+1/t14-/m1/s1. The second-order valence-electron chi connectivity index (χ2n) is 7.43. The third-order valence-electron chi connectivity index (χ3n) is 4.88. The Bertz CT molecular complexity index is 1080. The first-order valence-corrected chi connectivity index (χ1v) is 10.8. The van der Waals surface area contributed by atoms with E-state index in [4.69, 9.17) is 0 Å². The van der Waals surface area contributed by atoms with Crippen LogP contribution in [0.5, 0.6) is 0 Å². The lowest BCUT2D eigenvalue weighted by atomic mass is 10.1. The van der Waals surface area contributed by atoms with E-state index in [2.05, 4.69) is 15.5 Å². The highest BCUT2D eigenvalue weighted by molar-refractivity contribution is 7.99. The molecule has 0 spiro atoms. The van der Waals surface area contributed by atoms with Gasteiger partial charge >= 0.3 is 0 Å². The van der Waals surface area contributed by atoms with Gasteiger partial charge in [0.25, 0.3) is 0 Å². The van der Waals surface area contributed by atoms with Gasteiger partial charge in [-0.15, -0.1) is 10.2 Å². The minimum Gasteiger partial charge on any atom is -0.331 e. The molecule has 2 aromatic carbocycles. The van der Waals surface area contributed by atoms with Crippen LogP contribution in [-0.2, 0) is 4.79 Å². The van der Waals surface area contributed by atoms with E-state index < -0.39 is 0 Å². The molecule has 0 aliphatic rings. The summed E-state index contributed by atoms with van der Waals surface area (Å²) in [6.07, 6.45) is 0. The summed E-state index contributed by atoms with van der Waals surface area (Å²) in [6, 6.07) is 12.9. The number of aromatic nitrogens is 3. The largest absolute Gasteiger partial charge is 0.331 e. The van der Waals surface area contributed by atoms with Gasteiger partial charge in [-0.2, -0.15) is 0 Å². The molecule has 9 heteroatoms. The summed E-state index contributed by atoms with van der Waals surface area (Å²) in [6.45, 7) is 3.51. The van der Waals surface area contributed by atoms with E-state index in [0.29, 0.717) is 16.4 Å². The van der Waals surface area contributed by atoms with Crippen LogP contribution in [-0.4, -0.2) is 46.3 Å².